The molecule has 0 radical (unpaired) electrons. The molecule has 2 aromatic rings. The Bertz CT molecular complexity index is 852. The summed E-state index contributed by atoms with van der Waals surface area (Å²) in [6.07, 6.45) is 2.36. The van der Waals surface area contributed by atoms with Crippen LogP contribution in [-0.4, -0.2) is 59.4 Å². The number of morpholine rings is 1. The minimum absolute atomic E-state index is 0.0258. The fourth-order valence-corrected chi connectivity index (χ4v) is 3.13. The summed E-state index contributed by atoms with van der Waals surface area (Å²) >= 11 is 0. The molecule has 3 rings (SSSR count). The Hall–Kier alpha value is -2.67. The number of rotatable bonds is 6. The van der Waals surface area contributed by atoms with Crippen LogP contribution >= 0.6 is 0 Å². The van der Waals surface area contributed by atoms with Crippen molar-refractivity contribution < 1.29 is 19.1 Å². The monoisotopic (exact) mass is 371 g/mol. The Morgan fingerprint density at radius 1 is 1.19 bits per heavy atom. The predicted molar refractivity (Wildman–Crippen MR) is 102 cm³/mol. The zero-order valence-electron chi connectivity index (χ0n) is 15.7. The van der Waals surface area contributed by atoms with E-state index in [1.54, 1.807) is 21.7 Å². The Morgan fingerprint density at radius 2 is 1.89 bits per heavy atom. The van der Waals surface area contributed by atoms with Crippen LogP contribution in [0.2, 0.25) is 0 Å². The number of nitrogens with zero attached hydrogens (tertiary/aromatic N) is 2. The van der Waals surface area contributed by atoms with Gasteiger partial charge in [0, 0.05) is 36.2 Å². The topological polar surface area (TPSA) is 80.6 Å². The van der Waals surface area contributed by atoms with Crippen molar-refractivity contribution in [1.82, 2.24) is 14.8 Å². The van der Waals surface area contributed by atoms with Gasteiger partial charge in [0.15, 0.2) is 0 Å². The van der Waals surface area contributed by atoms with Crippen molar-refractivity contribution in [3.8, 4) is 0 Å². The third kappa shape index (κ3) is 4.19. The van der Waals surface area contributed by atoms with Crippen molar-refractivity contribution in [2.75, 3.05) is 26.3 Å². The molecule has 1 saturated heterocycles. The summed E-state index contributed by atoms with van der Waals surface area (Å²) in [6, 6.07) is 7.25. The highest BCUT2D eigenvalue weighted by atomic mass is 16.5. The van der Waals surface area contributed by atoms with Crippen molar-refractivity contribution in [3.63, 3.8) is 0 Å². The molecule has 0 saturated carbocycles. The third-order valence-corrected chi connectivity index (χ3v) is 4.90. The molecule has 7 heteroatoms. The number of para-hydroxylation sites is 1. The molecule has 144 valence electrons. The highest BCUT2D eigenvalue weighted by Gasteiger charge is 2.24. The van der Waals surface area contributed by atoms with Crippen molar-refractivity contribution in [2.45, 2.75) is 32.9 Å². The number of hydrogen-bond acceptors (Lipinski definition) is 4. The van der Waals surface area contributed by atoms with Crippen LogP contribution in [0.4, 0.5) is 0 Å². The average molecular weight is 371 g/mol. The van der Waals surface area contributed by atoms with Crippen molar-refractivity contribution in [1.29, 1.82) is 0 Å². The van der Waals surface area contributed by atoms with Crippen LogP contribution < -0.4 is 5.32 Å². The summed E-state index contributed by atoms with van der Waals surface area (Å²) in [5.41, 5.74) is 1.08. The molecular weight excluding hydrogens is 346 g/mol. The number of benzene rings is 1. The van der Waals surface area contributed by atoms with E-state index in [9.17, 15) is 14.4 Å². The minimum Gasteiger partial charge on any atom is -0.378 e. The molecule has 2 heterocycles. The van der Waals surface area contributed by atoms with Crippen molar-refractivity contribution in [2.24, 2.45) is 0 Å². The Kier molecular flexibility index (Phi) is 5.91. The van der Waals surface area contributed by atoms with Crippen LogP contribution in [0.5, 0.6) is 0 Å². The highest BCUT2D eigenvalue weighted by molar-refractivity contribution is 6.45. The van der Waals surface area contributed by atoms with E-state index >= 15 is 0 Å². The lowest BCUT2D eigenvalue weighted by Gasteiger charge is -2.27. The summed E-state index contributed by atoms with van der Waals surface area (Å²) < 4.78 is 7.03. The first kappa shape index (κ1) is 19.1. The molecule has 27 heavy (non-hydrogen) atoms. The van der Waals surface area contributed by atoms with E-state index in [1.165, 1.54) is 0 Å². The molecule has 7 nitrogen and oxygen atoms in total. The summed E-state index contributed by atoms with van der Waals surface area (Å²) in [6.45, 7) is 6.15. The summed E-state index contributed by atoms with van der Waals surface area (Å²) in [7, 11) is 0. The van der Waals surface area contributed by atoms with E-state index in [0.717, 1.165) is 11.9 Å². The molecular formula is C20H25N3O4. The zero-order valence-corrected chi connectivity index (χ0v) is 15.7. The number of ketones is 1. The number of fused-ring (bicyclic) bond motifs is 1. The van der Waals surface area contributed by atoms with E-state index in [4.69, 9.17) is 4.74 Å². The van der Waals surface area contributed by atoms with Crippen molar-refractivity contribution in [3.05, 3.63) is 36.0 Å². The van der Waals surface area contributed by atoms with Gasteiger partial charge in [-0.15, -0.1) is 0 Å². The van der Waals surface area contributed by atoms with Gasteiger partial charge < -0.3 is 19.5 Å². The second-order valence-corrected chi connectivity index (χ2v) is 6.79. The van der Waals surface area contributed by atoms with Gasteiger partial charge in [-0.2, -0.15) is 0 Å². The number of nitrogens with one attached hydrogen (secondary N) is 1. The molecule has 1 aromatic heterocycles. The van der Waals surface area contributed by atoms with Crippen LogP contribution in [0.1, 0.15) is 30.6 Å². The maximum atomic E-state index is 12.7. The lowest BCUT2D eigenvalue weighted by Crippen LogP contribution is -2.42. The summed E-state index contributed by atoms with van der Waals surface area (Å²) in [4.78, 5) is 39.3. The molecule has 0 aliphatic carbocycles. The Morgan fingerprint density at radius 3 is 2.59 bits per heavy atom. The minimum atomic E-state index is -0.619. The fourth-order valence-electron chi connectivity index (χ4n) is 3.13. The second kappa shape index (κ2) is 8.35. The first-order valence-corrected chi connectivity index (χ1v) is 9.29. The van der Waals surface area contributed by atoms with Gasteiger partial charge in [-0.1, -0.05) is 25.1 Å². The smallest absolute Gasteiger partial charge is 0.292 e. The van der Waals surface area contributed by atoms with E-state index in [0.29, 0.717) is 37.3 Å². The molecule has 1 aliphatic heterocycles. The fraction of sp³-hybridized carbons (Fsp3) is 0.450. The number of ether oxygens (including phenoxy) is 1. The zero-order chi connectivity index (χ0) is 19.4. The Labute approximate surface area is 158 Å². The number of amides is 2. The largest absolute Gasteiger partial charge is 0.378 e. The molecule has 0 unspecified atom stereocenters. The molecule has 2 amide bonds. The van der Waals surface area contributed by atoms with Crippen LogP contribution in [0.15, 0.2) is 30.5 Å². The van der Waals surface area contributed by atoms with E-state index < -0.39 is 11.7 Å². The second-order valence-electron chi connectivity index (χ2n) is 6.79. The molecule has 1 fully saturated rings. The lowest BCUT2D eigenvalue weighted by atomic mass is 10.1. The van der Waals surface area contributed by atoms with Crippen LogP contribution in [-0.2, 0) is 20.9 Å². The standard InChI is InChI=1S/C20H25N3O4/c1-3-14(2)21-20(26)19(25)16-12-23(17-7-5-4-6-15(16)17)13-18(24)22-8-10-27-11-9-22/h4-7,12,14H,3,8-11,13H2,1-2H3,(H,21,26)/t14-/m0/s1. The SMILES string of the molecule is CC[C@H](C)NC(=O)C(=O)c1cn(CC(=O)N2CCOCC2)c2ccccc12. The predicted octanol–water partition coefficient (Wildman–Crippen LogP) is 1.60. The number of Topliss-reactive ketones (excluding diaryl/α,β-unsaturated/α-hetero) is 1. The maximum absolute atomic E-state index is 12.7. The average Bonchev–Trinajstić information content (AvgIpc) is 3.06. The van der Waals surface area contributed by atoms with Gasteiger partial charge >= 0.3 is 0 Å². The number of aromatic nitrogens is 1. The summed E-state index contributed by atoms with van der Waals surface area (Å²) in [5, 5.41) is 3.38. The first-order valence-electron chi connectivity index (χ1n) is 9.29. The molecule has 1 atom stereocenters. The van der Waals surface area contributed by atoms with Gasteiger partial charge in [0.25, 0.3) is 11.7 Å². The van der Waals surface area contributed by atoms with Gasteiger partial charge in [-0.05, 0) is 19.4 Å². The third-order valence-electron chi connectivity index (χ3n) is 4.90. The maximum Gasteiger partial charge on any atom is 0.292 e. The van der Waals surface area contributed by atoms with E-state index in [2.05, 4.69) is 5.32 Å². The van der Waals surface area contributed by atoms with Gasteiger partial charge in [-0.3, -0.25) is 14.4 Å². The molecule has 1 aromatic carbocycles. The van der Waals surface area contributed by atoms with E-state index in [1.807, 2.05) is 32.0 Å². The van der Waals surface area contributed by atoms with E-state index in [-0.39, 0.29) is 18.5 Å². The van der Waals surface area contributed by atoms with Crippen LogP contribution in [0.25, 0.3) is 10.9 Å². The number of carbonyl (C=O) groups is 3. The molecule has 0 bridgehead atoms. The van der Waals surface area contributed by atoms with Crippen LogP contribution in [0, 0.1) is 0 Å². The van der Waals surface area contributed by atoms with Gasteiger partial charge in [0.1, 0.15) is 6.54 Å². The number of hydrogen-bond donors (Lipinski definition) is 1. The van der Waals surface area contributed by atoms with Gasteiger partial charge in [-0.25, -0.2) is 0 Å². The number of carbonyl (C=O) groups excluding carboxylic acids is 3. The van der Waals surface area contributed by atoms with Crippen molar-refractivity contribution >= 4 is 28.5 Å². The molecule has 1 aliphatic rings. The Balaban J connectivity index is 1.86. The van der Waals surface area contributed by atoms with Crippen LogP contribution in [0.3, 0.4) is 0 Å². The molecule has 1 N–H and O–H groups in total. The normalized spacial score (nSPS) is 15.6. The van der Waals surface area contributed by atoms with Gasteiger partial charge in [0.05, 0.1) is 18.8 Å². The summed E-state index contributed by atoms with van der Waals surface area (Å²) in [5.74, 6) is -1.22. The first-order chi connectivity index (χ1) is 13.0. The molecule has 0 spiro atoms. The van der Waals surface area contributed by atoms with Gasteiger partial charge in [0.2, 0.25) is 5.91 Å². The quantitative estimate of drug-likeness (QED) is 0.618. The lowest BCUT2D eigenvalue weighted by molar-refractivity contribution is -0.135. The highest BCUT2D eigenvalue weighted by Crippen LogP contribution is 2.22.